The third-order valence-electron chi connectivity index (χ3n) is 3.72. The first-order valence-electron chi connectivity index (χ1n) is 9.12. The average molecular weight is 374 g/mol. The Hall–Kier alpha value is -2.76. The first-order chi connectivity index (χ1) is 13.0. The molecule has 0 spiro atoms. The molecule has 0 aliphatic rings. The summed E-state index contributed by atoms with van der Waals surface area (Å²) in [6, 6.07) is 10.7. The number of carbonyl (C=O) groups excluding carboxylic acids is 1. The van der Waals surface area contributed by atoms with E-state index in [-0.39, 0.29) is 35.9 Å². The number of hydrogen-bond donors (Lipinski definition) is 0. The molecule has 0 saturated heterocycles. The highest BCUT2D eigenvalue weighted by Crippen LogP contribution is 2.11. The molecule has 6 heteroatoms. The minimum Gasteiger partial charge on any atom is -0.494 e. The molecule has 0 aliphatic carbocycles. The Kier molecular flexibility index (Phi) is 8.42. The molecule has 0 atom stereocenters. The molecule has 1 heterocycles. The van der Waals surface area contributed by atoms with Gasteiger partial charge in [-0.2, -0.15) is 0 Å². The van der Waals surface area contributed by atoms with E-state index in [0.29, 0.717) is 25.6 Å². The van der Waals surface area contributed by atoms with Gasteiger partial charge in [0.1, 0.15) is 24.4 Å². The number of carbonyl (C=O) groups is 1. The maximum atomic E-state index is 12.0. The molecular formula is C21H26O6. The summed E-state index contributed by atoms with van der Waals surface area (Å²) < 4.78 is 21.3. The predicted molar refractivity (Wildman–Crippen MR) is 101 cm³/mol. The number of esters is 1. The van der Waals surface area contributed by atoms with Gasteiger partial charge in [-0.25, -0.2) is 0 Å². The lowest BCUT2D eigenvalue weighted by atomic mass is 10.1. The first-order valence-corrected chi connectivity index (χ1v) is 9.12. The fourth-order valence-electron chi connectivity index (χ4n) is 2.17. The van der Waals surface area contributed by atoms with Gasteiger partial charge in [-0.05, 0) is 30.9 Å². The second-order valence-corrected chi connectivity index (χ2v) is 6.53. The summed E-state index contributed by atoms with van der Waals surface area (Å²) in [6.07, 6.45) is 2.89. The van der Waals surface area contributed by atoms with Gasteiger partial charge >= 0.3 is 5.97 Å². The first kappa shape index (κ1) is 20.6. The summed E-state index contributed by atoms with van der Waals surface area (Å²) in [5, 5.41) is 0. The van der Waals surface area contributed by atoms with Crippen molar-refractivity contribution in [3.63, 3.8) is 0 Å². The Morgan fingerprint density at radius 1 is 1.11 bits per heavy atom. The number of hydrogen-bond acceptors (Lipinski definition) is 6. The minimum absolute atomic E-state index is 0.0834. The van der Waals surface area contributed by atoms with E-state index in [1.807, 2.05) is 30.3 Å². The van der Waals surface area contributed by atoms with Crippen LogP contribution in [0.4, 0.5) is 0 Å². The maximum absolute atomic E-state index is 12.0. The highest BCUT2D eigenvalue weighted by atomic mass is 16.5. The Morgan fingerprint density at radius 3 is 2.59 bits per heavy atom. The zero-order chi connectivity index (χ0) is 19.5. The number of ether oxygens (including phenoxy) is 3. The second-order valence-electron chi connectivity index (χ2n) is 6.53. The van der Waals surface area contributed by atoms with E-state index < -0.39 is 0 Å². The van der Waals surface area contributed by atoms with Gasteiger partial charge in [0.05, 0.1) is 13.2 Å². The van der Waals surface area contributed by atoms with Gasteiger partial charge in [-0.1, -0.05) is 32.0 Å². The lowest BCUT2D eigenvalue weighted by Crippen LogP contribution is -2.12. The fraction of sp³-hybridized carbons (Fsp3) is 0.429. The van der Waals surface area contributed by atoms with Crippen LogP contribution in [-0.4, -0.2) is 19.2 Å². The Morgan fingerprint density at radius 2 is 1.89 bits per heavy atom. The van der Waals surface area contributed by atoms with Crippen LogP contribution in [-0.2, 0) is 16.1 Å². The van der Waals surface area contributed by atoms with Crippen LogP contribution in [0.15, 0.2) is 51.9 Å². The monoisotopic (exact) mass is 374 g/mol. The van der Waals surface area contributed by atoms with E-state index in [2.05, 4.69) is 13.8 Å². The highest BCUT2D eigenvalue weighted by Gasteiger charge is 2.08. The van der Waals surface area contributed by atoms with E-state index in [4.69, 9.17) is 18.6 Å². The van der Waals surface area contributed by atoms with Crippen LogP contribution in [0.2, 0.25) is 0 Å². The lowest BCUT2D eigenvalue weighted by molar-refractivity contribution is -0.145. The van der Waals surface area contributed by atoms with Crippen LogP contribution < -0.4 is 14.9 Å². The van der Waals surface area contributed by atoms with Crippen molar-refractivity contribution in [3.05, 3.63) is 58.6 Å². The van der Waals surface area contributed by atoms with E-state index >= 15 is 0 Å². The molecule has 1 aromatic carbocycles. The molecule has 0 aliphatic heterocycles. The van der Waals surface area contributed by atoms with Crippen molar-refractivity contribution in [2.24, 2.45) is 5.92 Å². The van der Waals surface area contributed by atoms with Crippen LogP contribution >= 0.6 is 0 Å². The van der Waals surface area contributed by atoms with E-state index in [9.17, 15) is 9.59 Å². The molecule has 0 bridgehead atoms. The van der Waals surface area contributed by atoms with Gasteiger partial charge in [-0.15, -0.1) is 0 Å². The summed E-state index contributed by atoms with van der Waals surface area (Å²) in [4.78, 5) is 23.7. The van der Waals surface area contributed by atoms with Crippen molar-refractivity contribution in [3.8, 4) is 11.5 Å². The summed E-state index contributed by atoms with van der Waals surface area (Å²) in [6.45, 7) is 4.96. The highest BCUT2D eigenvalue weighted by molar-refractivity contribution is 5.69. The van der Waals surface area contributed by atoms with E-state index in [0.717, 1.165) is 12.2 Å². The quantitative estimate of drug-likeness (QED) is 0.438. The normalized spacial score (nSPS) is 10.6. The number of benzene rings is 1. The van der Waals surface area contributed by atoms with Crippen molar-refractivity contribution >= 4 is 5.97 Å². The molecule has 2 aromatic rings. The van der Waals surface area contributed by atoms with Crippen LogP contribution in [0.25, 0.3) is 0 Å². The topological polar surface area (TPSA) is 75.0 Å². The molecule has 6 nitrogen and oxygen atoms in total. The van der Waals surface area contributed by atoms with Crippen LogP contribution in [0, 0.1) is 5.92 Å². The lowest BCUT2D eigenvalue weighted by Gasteiger charge is -2.08. The molecule has 27 heavy (non-hydrogen) atoms. The van der Waals surface area contributed by atoms with Gasteiger partial charge in [0.2, 0.25) is 11.2 Å². The Bertz CT molecular complexity index is 751. The third kappa shape index (κ3) is 7.98. The van der Waals surface area contributed by atoms with Crippen LogP contribution in [0.5, 0.6) is 11.5 Å². The molecule has 0 unspecified atom stereocenters. The van der Waals surface area contributed by atoms with Crippen molar-refractivity contribution in [2.45, 2.75) is 39.7 Å². The van der Waals surface area contributed by atoms with E-state index in [1.54, 1.807) is 0 Å². The molecule has 146 valence electrons. The SMILES string of the molecule is CC(C)CCOc1coc(COC(=O)CCCOc2ccccc2)cc1=O. The smallest absolute Gasteiger partial charge is 0.306 e. The van der Waals surface area contributed by atoms with Crippen LogP contribution in [0.1, 0.15) is 38.9 Å². The van der Waals surface area contributed by atoms with Crippen LogP contribution in [0.3, 0.4) is 0 Å². The molecular weight excluding hydrogens is 348 g/mol. The molecule has 0 saturated carbocycles. The summed E-state index contributed by atoms with van der Waals surface area (Å²) >= 11 is 0. The average Bonchev–Trinajstić information content (AvgIpc) is 2.66. The van der Waals surface area contributed by atoms with Crippen molar-refractivity contribution in [1.82, 2.24) is 0 Å². The molecule has 2 rings (SSSR count). The van der Waals surface area contributed by atoms with Gasteiger partial charge < -0.3 is 18.6 Å². The largest absolute Gasteiger partial charge is 0.494 e. The van der Waals surface area contributed by atoms with Gasteiger partial charge in [0.25, 0.3) is 0 Å². The zero-order valence-corrected chi connectivity index (χ0v) is 15.8. The summed E-state index contributed by atoms with van der Waals surface area (Å²) in [5.41, 5.74) is -0.285. The molecule has 0 radical (unpaired) electrons. The minimum atomic E-state index is -0.369. The standard InChI is InChI=1S/C21H26O6/c1-16(2)10-12-25-20-15-26-18(13-19(20)22)14-27-21(23)9-6-11-24-17-7-4-3-5-8-17/h3-5,7-8,13,15-16H,6,9-12,14H2,1-2H3. The van der Waals surface area contributed by atoms with E-state index in [1.165, 1.54) is 12.3 Å². The van der Waals surface area contributed by atoms with Crippen molar-refractivity contribution in [2.75, 3.05) is 13.2 Å². The van der Waals surface area contributed by atoms with Crippen molar-refractivity contribution in [1.29, 1.82) is 0 Å². The Balaban J connectivity index is 1.67. The number of para-hydroxylation sites is 1. The van der Waals surface area contributed by atoms with Gasteiger partial charge in [0.15, 0.2) is 0 Å². The molecule has 0 N–H and O–H groups in total. The summed E-state index contributed by atoms with van der Waals surface area (Å²) in [5.74, 6) is 1.35. The third-order valence-corrected chi connectivity index (χ3v) is 3.72. The van der Waals surface area contributed by atoms with Crippen molar-refractivity contribution < 1.29 is 23.4 Å². The van der Waals surface area contributed by atoms with Gasteiger partial charge in [0, 0.05) is 12.5 Å². The molecule has 0 amide bonds. The maximum Gasteiger partial charge on any atom is 0.306 e. The number of rotatable bonds is 11. The van der Waals surface area contributed by atoms with Gasteiger partial charge in [-0.3, -0.25) is 9.59 Å². The summed E-state index contributed by atoms with van der Waals surface area (Å²) in [7, 11) is 0. The Labute approximate surface area is 159 Å². The predicted octanol–water partition coefficient (Wildman–Crippen LogP) is 3.97. The molecule has 0 fully saturated rings. The fourth-order valence-corrected chi connectivity index (χ4v) is 2.17. The second kappa shape index (κ2) is 11.1. The zero-order valence-electron chi connectivity index (χ0n) is 15.8. The molecule has 1 aromatic heterocycles.